The minimum absolute atomic E-state index is 0.0697. The third-order valence-electron chi connectivity index (χ3n) is 7.71. The zero-order chi connectivity index (χ0) is 28.3. The molecule has 1 fully saturated rings. The van der Waals surface area contributed by atoms with Crippen LogP contribution in [0, 0.1) is 31.4 Å². The number of amides is 1. The highest BCUT2D eigenvalue weighted by Gasteiger charge is 2.30. The van der Waals surface area contributed by atoms with E-state index in [9.17, 15) is 23.5 Å². The number of hydrogen-bond acceptors (Lipinski definition) is 5. The van der Waals surface area contributed by atoms with Crippen LogP contribution >= 0.6 is 0 Å². The van der Waals surface area contributed by atoms with E-state index in [2.05, 4.69) is 5.10 Å². The number of Topliss-reactive ketones (excluding diaryl/α,β-unsaturated/α-hetero) is 1. The minimum atomic E-state index is -1.11. The second-order valence-corrected chi connectivity index (χ2v) is 10.4. The van der Waals surface area contributed by atoms with Crippen LogP contribution in [0.15, 0.2) is 42.6 Å². The van der Waals surface area contributed by atoms with Gasteiger partial charge in [-0.3, -0.25) is 14.3 Å². The van der Waals surface area contributed by atoms with E-state index < -0.39 is 23.6 Å². The predicted molar refractivity (Wildman–Crippen MR) is 142 cm³/mol. The van der Waals surface area contributed by atoms with Crippen LogP contribution in [0.1, 0.15) is 77.5 Å². The maximum Gasteiger partial charge on any atom is 0.257 e. The molecule has 0 aliphatic heterocycles. The van der Waals surface area contributed by atoms with Gasteiger partial charge in [0.2, 0.25) is 0 Å². The summed E-state index contributed by atoms with van der Waals surface area (Å²) in [6, 6.07) is 8.58. The molecule has 1 saturated carbocycles. The molecule has 1 aliphatic carbocycles. The maximum absolute atomic E-state index is 14.0. The highest BCUT2D eigenvalue weighted by Crippen LogP contribution is 2.34. The molecule has 1 atom stereocenters. The number of nitrogens with zero attached hydrogens (tertiary/aromatic N) is 3. The molecule has 0 spiro atoms. The number of aliphatic hydroxyl groups is 1. The van der Waals surface area contributed by atoms with Crippen LogP contribution in [0.5, 0.6) is 5.75 Å². The van der Waals surface area contributed by atoms with Crippen LogP contribution in [-0.2, 0) is 11.3 Å². The first kappa shape index (κ1) is 28.4. The molecule has 0 radical (unpaired) electrons. The second-order valence-electron chi connectivity index (χ2n) is 10.4. The molecule has 208 valence electrons. The largest absolute Gasteiger partial charge is 0.496 e. The molecule has 1 amide bonds. The van der Waals surface area contributed by atoms with Gasteiger partial charge in [-0.25, -0.2) is 8.78 Å². The van der Waals surface area contributed by atoms with Crippen molar-refractivity contribution in [2.24, 2.45) is 5.92 Å². The van der Waals surface area contributed by atoms with Crippen LogP contribution in [-0.4, -0.2) is 45.1 Å². The number of carbonyl (C=O) groups excluding carboxylic acids is 2. The Morgan fingerprint density at radius 1 is 1.13 bits per heavy atom. The number of hydrogen-bond donors (Lipinski definition) is 1. The third-order valence-corrected chi connectivity index (χ3v) is 7.71. The zero-order valence-corrected chi connectivity index (χ0v) is 22.8. The van der Waals surface area contributed by atoms with Gasteiger partial charge in [-0.15, -0.1) is 0 Å². The highest BCUT2D eigenvalue weighted by molar-refractivity contribution is 5.95. The predicted octanol–water partition coefficient (Wildman–Crippen LogP) is 5.48. The summed E-state index contributed by atoms with van der Waals surface area (Å²) in [4.78, 5) is 27.0. The Labute approximate surface area is 227 Å². The van der Waals surface area contributed by atoms with Crippen molar-refractivity contribution in [3.8, 4) is 5.75 Å². The quantitative estimate of drug-likeness (QED) is 0.389. The lowest BCUT2D eigenvalue weighted by molar-refractivity contribution is -0.121. The second kappa shape index (κ2) is 12.1. The first-order chi connectivity index (χ1) is 18.6. The van der Waals surface area contributed by atoms with E-state index in [1.165, 1.54) is 30.3 Å². The Kier molecular flexibility index (Phi) is 8.80. The van der Waals surface area contributed by atoms with E-state index in [1.54, 1.807) is 13.0 Å². The summed E-state index contributed by atoms with van der Waals surface area (Å²) in [5.41, 5.74) is 2.61. The molecule has 9 heteroatoms. The number of aliphatic hydroxyl groups excluding tert-OH is 1. The number of ketones is 1. The van der Waals surface area contributed by atoms with Gasteiger partial charge in [-0.05, 0) is 75.8 Å². The minimum Gasteiger partial charge on any atom is -0.496 e. The lowest BCUT2D eigenvalue weighted by Gasteiger charge is -2.29. The van der Waals surface area contributed by atoms with Crippen molar-refractivity contribution in [3.63, 3.8) is 0 Å². The molecule has 39 heavy (non-hydrogen) atoms. The van der Waals surface area contributed by atoms with Gasteiger partial charge in [0.25, 0.3) is 5.91 Å². The van der Waals surface area contributed by atoms with Crippen LogP contribution in [0.25, 0.3) is 0 Å². The Morgan fingerprint density at radius 2 is 1.79 bits per heavy atom. The van der Waals surface area contributed by atoms with Crippen molar-refractivity contribution in [3.05, 3.63) is 82.2 Å². The lowest BCUT2D eigenvalue weighted by atomic mass is 9.84. The standard InChI is InChI=1S/C30H35F2N3O4/c1-18-6-5-7-28(39-4)29(18)27(37)17-34(16-21-12-23(31)14-24(32)13-21)30(38)26-15-33-35(19(26)2)25-10-8-22(9-11-25)20(3)36/h5-7,12-15,22,25,27,37H,8-11,16-17H2,1-4H3. The SMILES string of the molecule is COc1cccc(C)c1C(O)CN(Cc1cc(F)cc(F)c1)C(=O)c1cnn(C2CCC(C(C)=O)CC2)c1C. The fourth-order valence-electron chi connectivity index (χ4n) is 5.60. The first-order valence-electron chi connectivity index (χ1n) is 13.2. The average Bonchev–Trinajstić information content (AvgIpc) is 3.28. The molecule has 1 N–H and O–H groups in total. The molecule has 7 nitrogen and oxygen atoms in total. The Bertz CT molecular complexity index is 1330. The fourth-order valence-corrected chi connectivity index (χ4v) is 5.60. The topological polar surface area (TPSA) is 84.7 Å². The smallest absolute Gasteiger partial charge is 0.257 e. The Morgan fingerprint density at radius 3 is 2.41 bits per heavy atom. The van der Waals surface area contributed by atoms with Gasteiger partial charge in [0.15, 0.2) is 0 Å². The number of ether oxygens (including phenoxy) is 1. The number of aryl methyl sites for hydroxylation is 1. The molecule has 1 aliphatic rings. The van der Waals surface area contributed by atoms with Gasteiger partial charge in [0.05, 0.1) is 31.5 Å². The highest BCUT2D eigenvalue weighted by atomic mass is 19.1. The van der Waals surface area contributed by atoms with E-state index in [0.29, 0.717) is 22.6 Å². The molecule has 1 aromatic heterocycles. The Balaban J connectivity index is 1.63. The number of rotatable bonds is 9. The summed E-state index contributed by atoms with van der Waals surface area (Å²) >= 11 is 0. The molecule has 0 saturated heterocycles. The van der Waals surface area contributed by atoms with E-state index in [0.717, 1.165) is 37.3 Å². The maximum atomic E-state index is 14.0. The van der Waals surface area contributed by atoms with E-state index in [4.69, 9.17) is 4.74 Å². The molecule has 0 bridgehead atoms. The number of halogens is 2. The van der Waals surface area contributed by atoms with Crippen LogP contribution in [0.4, 0.5) is 8.78 Å². The van der Waals surface area contributed by atoms with Crippen molar-refractivity contribution in [1.82, 2.24) is 14.7 Å². The molecule has 1 unspecified atom stereocenters. The fraction of sp³-hybridized carbons (Fsp3) is 0.433. The van der Waals surface area contributed by atoms with Crippen molar-refractivity contribution >= 4 is 11.7 Å². The number of carbonyl (C=O) groups is 2. The van der Waals surface area contributed by atoms with E-state index in [-0.39, 0.29) is 36.4 Å². The molecule has 2 aromatic carbocycles. The number of methoxy groups -OCH3 is 1. The molecule has 4 rings (SSSR count). The summed E-state index contributed by atoms with van der Waals surface area (Å²) in [7, 11) is 1.51. The molecule has 1 heterocycles. The van der Waals surface area contributed by atoms with Gasteiger partial charge >= 0.3 is 0 Å². The third kappa shape index (κ3) is 6.36. The van der Waals surface area contributed by atoms with E-state index >= 15 is 0 Å². The Hall–Kier alpha value is -3.59. The van der Waals surface area contributed by atoms with Gasteiger partial charge < -0.3 is 14.7 Å². The monoisotopic (exact) mass is 539 g/mol. The summed E-state index contributed by atoms with van der Waals surface area (Å²) in [5.74, 6) is -1.15. The first-order valence-corrected chi connectivity index (χ1v) is 13.2. The lowest BCUT2D eigenvalue weighted by Crippen LogP contribution is -2.35. The normalized spacial score (nSPS) is 18.0. The average molecular weight is 540 g/mol. The van der Waals surface area contributed by atoms with Crippen molar-refractivity contribution in [2.75, 3.05) is 13.7 Å². The van der Waals surface area contributed by atoms with E-state index in [1.807, 2.05) is 30.7 Å². The van der Waals surface area contributed by atoms with Gasteiger partial charge in [0, 0.05) is 29.8 Å². The molecule has 3 aromatic rings. The van der Waals surface area contributed by atoms with Crippen molar-refractivity contribution in [1.29, 1.82) is 0 Å². The van der Waals surface area contributed by atoms with Crippen molar-refractivity contribution in [2.45, 2.75) is 65.1 Å². The summed E-state index contributed by atoms with van der Waals surface area (Å²) < 4.78 is 35.3. The summed E-state index contributed by atoms with van der Waals surface area (Å²) in [6.45, 7) is 5.03. The van der Waals surface area contributed by atoms with Crippen LogP contribution in [0.3, 0.4) is 0 Å². The van der Waals surface area contributed by atoms with Gasteiger partial charge in [-0.2, -0.15) is 5.10 Å². The summed E-state index contributed by atoms with van der Waals surface area (Å²) in [5, 5.41) is 15.8. The number of aromatic nitrogens is 2. The molecular formula is C30H35F2N3O4. The zero-order valence-electron chi connectivity index (χ0n) is 22.8. The molecular weight excluding hydrogens is 504 g/mol. The van der Waals surface area contributed by atoms with Gasteiger partial charge in [0.1, 0.15) is 29.3 Å². The van der Waals surface area contributed by atoms with Crippen molar-refractivity contribution < 1.29 is 28.2 Å². The number of benzene rings is 2. The summed E-state index contributed by atoms with van der Waals surface area (Å²) in [6.07, 6.45) is 3.54. The van der Waals surface area contributed by atoms with Crippen LogP contribution in [0.2, 0.25) is 0 Å². The van der Waals surface area contributed by atoms with Gasteiger partial charge in [-0.1, -0.05) is 12.1 Å². The van der Waals surface area contributed by atoms with Crippen LogP contribution < -0.4 is 4.74 Å².